The van der Waals surface area contributed by atoms with Gasteiger partial charge in [-0.15, -0.1) is 5.10 Å². The van der Waals surface area contributed by atoms with Gasteiger partial charge >= 0.3 is 18.3 Å². The highest BCUT2D eigenvalue weighted by Gasteiger charge is 2.38. The van der Waals surface area contributed by atoms with Gasteiger partial charge in [0.15, 0.2) is 0 Å². The number of ether oxygens (including phenoxy) is 3. The number of carboxylic acids is 1. The van der Waals surface area contributed by atoms with Gasteiger partial charge in [0.1, 0.15) is 35.4 Å². The minimum Gasteiger partial charge on any atom is -0.481 e. The summed E-state index contributed by atoms with van der Waals surface area (Å²) in [6.07, 6.45) is -4.28. The molecule has 13 nitrogen and oxygen atoms in total. The third-order valence-corrected chi connectivity index (χ3v) is 6.20. The summed E-state index contributed by atoms with van der Waals surface area (Å²) in [5, 5.41) is 27.6. The van der Waals surface area contributed by atoms with Crippen molar-refractivity contribution >= 4 is 17.8 Å². The van der Waals surface area contributed by atoms with Crippen molar-refractivity contribution in [3.8, 4) is 22.9 Å². The van der Waals surface area contributed by atoms with Gasteiger partial charge in [0, 0.05) is 30.9 Å². The van der Waals surface area contributed by atoms with E-state index < -0.39 is 53.3 Å². The Labute approximate surface area is 223 Å². The molecule has 16 heteroatoms. The van der Waals surface area contributed by atoms with Crippen molar-refractivity contribution in [2.45, 2.75) is 44.6 Å². The number of pyridine rings is 1. The first-order chi connectivity index (χ1) is 18.9. The molecule has 1 saturated carbocycles. The molecule has 212 valence electrons. The SMILES string of the molecule is Cn1nnc(-c2cnc(O[C@H]3CCC[C@H](C(=O)O)C3)c(C(F)(F)F)c2)c1COC(=O)Oc1ccc([N+](=O)[O-])cc1. The fraction of sp³-hybridized carbons (Fsp3) is 0.375. The maximum absolute atomic E-state index is 14.0. The van der Waals surface area contributed by atoms with Crippen molar-refractivity contribution in [1.29, 1.82) is 0 Å². The Morgan fingerprint density at radius 3 is 2.60 bits per heavy atom. The molecule has 0 amide bonds. The first-order valence-electron chi connectivity index (χ1n) is 11.9. The van der Waals surface area contributed by atoms with Crippen LogP contribution in [0, 0.1) is 16.0 Å². The predicted octanol–water partition coefficient (Wildman–Crippen LogP) is 4.54. The lowest BCUT2D eigenvalue weighted by atomic mass is 9.87. The van der Waals surface area contributed by atoms with Crippen molar-refractivity contribution in [2.75, 3.05) is 0 Å². The minimum absolute atomic E-state index is 0.0267. The summed E-state index contributed by atoms with van der Waals surface area (Å²) in [7, 11) is 1.44. The summed E-state index contributed by atoms with van der Waals surface area (Å²) in [6, 6.07) is 5.42. The Morgan fingerprint density at radius 2 is 1.95 bits per heavy atom. The molecule has 3 aromatic rings. The van der Waals surface area contributed by atoms with E-state index in [1.807, 2.05) is 0 Å². The van der Waals surface area contributed by atoms with Crippen molar-refractivity contribution < 1.29 is 47.0 Å². The zero-order valence-corrected chi connectivity index (χ0v) is 20.8. The number of aromatic nitrogens is 4. The zero-order chi connectivity index (χ0) is 29.0. The molecule has 0 saturated heterocycles. The van der Waals surface area contributed by atoms with Crippen LogP contribution in [0.25, 0.3) is 11.3 Å². The van der Waals surface area contributed by atoms with Gasteiger partial charge in [-0.3, -0.25) is 14.9 Å². The van der Waals surface area contributed by atoms with E-state index in [0.29, 0.717) is 19.3 Å². The van der Waals surface area contributed by atoms with Gasteiger partial charge in [-0.2, -0.15) is 13.2 Å². The number of nitro benzene ring substituents is 1. The lowest BCUT2D eigenvalue weighted by Gasteiger charge is -2.27. The molecular formula is C24H22F3N5O8. The molecule has 0 unspecified atom stereocenters. The molecule has 2 heterocycles. The Kier molecular flexibility index (Phi) is 8.16. The van der Waals surface area contributed by atoms with Gasteiger partial charge in [0.25, 0.3) is 5.69 Å². The number of carbonyl (C=O) groups is 2. The molecule has 1 aliphatic rings. The quantitative estimate of drug-likeness (QED) is 0.176. The number of hydrogen-bond donors (Lipinski definition) is 1. The Balaban J connectivity index is 1.50. The highest BCUT2D eigenvalue weighted by Crippen LogP contribution is 2.39. The number of aliphatic carboxylic acids is 1. The molecule has 0 aliphatic heterocycles. The fourth-order valence-electron chi connectivity index (χ4n) is 4.16. The largest absolute Gasteiger partial charge is 0.514 e. The van der Waals surface area contributed by atoms with Crippen LogP contribution in [0.15, 0.2) is 36.5 Å². The fourth-order valence-corrected chi connectivity index (χ4v) is 4.16. The van der Waals surface area contributed by atoms with Crippen LogP contribution in [-0.2, 0) is 29.4 Å². The van der Waals surface area contributed by atoms with Gasteiger partial charge in [-0.1, -0.05) is 5.21 Å². The number of alkyl halides is 3. The maximum atomic E-state index is 14.0. The summed E-state index contributed by atoms with van der Waals surface area (Å²) >= 11 is 0. The van der Waals surface area contributed by atoms with Crippen LogP contribution in [0.3, 0.4) is 0 Å². The highest BCUT2D eigenvalue weighted by molar-refractivity contribution is 5.70. The monoisotopic (exact) mass is 565 g/mol. The number of nitro groups is 1. The predicted molar refractivity (Wildman–Crippen MR) is 127 cm³/mol. The summed E-state index contributed by atoms with van der Waals surface area (Å²) in [5.74, 6) is -2.44. The van der Waals surface area contributed by atoms with Crippen molar-refractivity contribution in [2.24, 2.45) is 13.0 Å². The second-order valence-electron chi connectivity index (χ2n) is 8.92. The molecule has 1 aromatic carbocycles. The second-order valence-corrected chi connectivity index (χ2v) is 8.92. The summed E-state index contributed by atoms with van der Waals surface area (Å²) in [5.41, 5.74) is -1.39. The third-order valence-electron chi connectivity index (χ3n) is 6.20. The van der Waals surface area contributed by atoms with Gasteiger partial charge in [0.05, 0.1) is 10.8 Å². The molecule has 2 atom stereocenters. The maximum Gasteiger partial charge on any atom is 0.514 e. The molecule has 2 aromatic heterocycles. The number of nitrogens with zero attached hydrogens (tertiary/aromatic N) is 5. The van der Waals surface area contributed by atoms with E-state index >= 15 is 0 Å². The summed E-state index contributed by atoms with van der Waals surface area (Å²) < 4.78 is 58.6. The Hall–Kier alpha value is -4.76. The molecule has 1 aliphatic carbocycles. The van der Waals surface area contributed by atoms with Gasteiger partial charge in [-0.25, -0.2) is 14.5 Å². The van der Waals surface area contributed by atoms with E-state index in [1.54, 1.807) is 0 Å². The van der Waals surface area contributed by atoms with E-state index in [1.165, 1.54) is 23.9 Å². The lowest BCUT2D eigenvalue weighted by Crippen LogP contribution is -2.30. The highest BCUT2D eigenvalue weighted by atomic mass is 19.4. The molecular weight excluding hydrogens is 543 g/mol. The molecule has 0 spiro atoms. The number of halogens is 3. The van der Waals surface area contributed by atoms with E-state index in [9.17, 15) is 38.0 Å². The third kappa shape index (κ3) is 6.62. The Bertz CT molecular complexity index is 1410. The molecule has 1 N–H and O–H groups in total. The zero-order valence-electron chi connectivity index (χ0n) is 20.8. The van der Waals surface area contributed by atoms with E-state index in [2.05, 4.69) is 15.3 Å². The number of benzene rings is 1. The van der Waals surface area contributed by atoms with Crippen molar-refractivity contribution in [3.63, 3.8) is 0 Å². The number of carbonyl (C=O) groups excluding carboxylic acids is 1. The number of rotatable bonds is 8. The van der Waals surface area contributed by atoms with Crippen LogP contribution in [0.5, 0.6) is 11.6 Å². The number of carboxylic acid groups (broad SMARTS) is 1. The van der Waals surface area contributed by atoms with E-state index in [4.69, 9.17) is 14.2 Å². The molecule has 40 heavy (non-hydrogen) atoms. The van der Waals surface area contributed by atoms with Crippen LogP contribution in [0.4, 0.5) is 23.7 Å². The second kappa shape index (κ2) is 11.5. The number of non-ortho nitro benzene ring substituents is 1. The first-order valence-corrected chi connectivity index (χ1v) is 11.9. The van der Waals surface area contributed by atoms with Gasteiger partial charge in [-0.05, 0) is 43.9 Å². The van der Waals surface area contributed by atoms with Crippen LogP contribution in [-0.4, -0.2) is 48.2 Å². The van der Waals surface area contributed by atoms with E-state index in [-0.39, 0.29) is 34.8 Å². The Morgan fingerprint density at radius 1 is 1.23 bits per heavy atom. The normalized spacial score (nSPS) is 17.2. The summed E-state index contributed by atoms with van der Waals surface area (Å²) in [6.45, 7) is -0.483. The molecule has 0 radical (unpaired) electrons. The average Bonchev–Trinajstić information content (AvgIpc) is 3.27. The van der Waals surface area contributed by atoms with Crippen LogP contribution in [0.1, 0.15) is 36.9 Å². The standard InChI is InChI=1S/C24H22F3N5O8/c1-31-19(12-38-23(35)40-16-7-5-15(6-8-16)32(36)37)20(29-30-31)14-10-18(24(25,26)27)21(28-11-14)39-17-4-2-3-13(9-17)22(33)34/h5-8,10-11,13,17H,2-4,9,12H2,1H3,(H,33,34)/t13-,17-/m0/s1. The van der Waals surface area contributed by atoms with Crippen LogP contribution in [0.2, 0.25) is 0 Å². The first kappa shape index (κ1) is 28.3. The lowest BCUT2D eigenvalue weighted by molar-refractivity contribution is -0.384. The van der Waals surface area contributed by atoms with Crippen LogP contribution >= 0.6 is 0 Å². The van der Waals surface area contributed by atoms with Gasteiger partial charge in [0.2, 0.25) is 5.88 Å². The van der Waals surface area contributed by atoms with Crippen LogP contribution < -0.4 is 9.47 Å². The average molecular weight is 565 g/mol. The van der Waals surface area contributed by atoms with Crippen molar-refractivity contribution in [1.82, 2.24) is 20.0 Å². The topological polar surface area (TPSA) is 169 Å². The van der Waals surface area contributed by atoms with Gasteiger partial charge < -0.3 is 19.3 Å². The molecule has 1 fully saturated rings. The minimum atomic E-state index is -4.85. The molecule has 4 rings (SSSR count). The number of hydrogen-bond acceptors (Lipinski definition) is 10. The van der Waals surface area contributed by atoms with Crippen molar-refractivity contribution in [3.05, 3.63) is 57.9 Å². The number of aryl methyl sites for hydroxylation is 1. The molecule has 0 bridgehead atoms. The summed E-state index contributed by atoms with van der Waals surface area (Å²) in [4.78, 5) is 37.4. The van der Waals surface area contributed by atoms with E-state index in [0.717, 1.165) is 24.4 Å². The smallest absolute Gasteiger partial charge is 0.481 e.